The average Bonchev–Trinajstić information content (AvgIpc) is 2.19. The Morgan fingerprint density at radius 3 is 2.93 bits per heavy atom. The van der Waals surface area contributed by atoms with Crippen molar-refractivity contribution < 1.29 is 9.13 Å². The van der Waals surface area contributed by atoms with Crippen molar-refractivity contribution in [2.45, 2.75) is 6.04 Å². The Hall–Kier alpha value is -1.44. The molecule has 0 amide bonds. The van der Waals surface area contributed by atoms with Crippen LogP contribution in [0.15, 0.2) is 18.2 Å². The van der Waals surface area contributed by atoms with Crippen LogP contribution in [-0.2, 0) is 4.74 Å². The van der Waals surface area contributed by atoms with Crippen LogP contribution in [0.2, 0.25) is 0 Å². The largest absolute Gasteiger partial charge is 0.383 e. The predicted molar refractivity (Wildman–Crippen MR) is 49.9 cm³/mol. The molecule has 0 aliphatic heterocycles. The summed E-state index contributed by atoms with van der Waals surface area (Å²) in [5.41, 5.74) is 6.43. The first kappa shape index (κ1) is 10.6. The van der Waals surface area contributed by atoms with Crippen molar-refractivity contribution in [2.75, 3.05) is 13.7 Å². The van der Waals surface area contributed by atoms with Crippen molar-refractivity contribution in [1.29, 1.82) is 5.26 Å². The number of rotatable bonds is 3. The highest BCUT2D eigenvalue weighted by atomic mass is 19.1. The molecule has 1 aromatic rings. The molecule has 1 unspecified atom stereocenters. The van der Waals surface area contributed by atoms with Gasteiger partial charge < -0.3 is 10.5 Å². The lowest BCUT2D eigenvalue weighted by molar-refractivity contribution is 0.181. The lowest BCUT2D eigenvalue weighted by Crippen LogP contribution is -2.16. The second-order valence-electron chi connectivity index (χ2n) is 2.91. The van der Waals surface area contributed by atoms with Gasteiger partial charge in [-0.15, -0.1) is 0 Å². The molecule has 0 spiro atoms. The van der Waals surface area contributed by atoms with Gasteiger partial charge in [-0.25, -0.2) is 4.39 Å². The van der Waals surface area contributed by atoms with Crippen LogP contribution < -0.4 is 5.73 Å². The van der Waals surface area contributed by atoms with E-state index in [9.17, 15) is 4.39 Å². The molecule has 0 radical (unpaired) electrons. The third-order valence-electron chi connectivity index (χ3n) is 1.89. The molecule has 0 fully saturated rings. The third kappa shape index (κ3) is 2.28. The molecule has 0 aliphatic rings. The van der Waals surface area contributed by atoms with Gasteiger partial charge >= 0.3 is 0 Å². The van der Waals surface area contributed by atoms with Crippen molar-refractivity contribution in [3.05, 3.63) is 35.1 Å². The molecule has 0 aromatic heterocycles. The maximum absolute atomic E-state index is 12.9. The van der Waals surface area contributed by atoms with Gasteiger partial charge in [-0.05, 0) is 17.7 Å². The Kier molecular flexibility index (Phi) is 3.57. The summed E-state index contributed by atoms with van der Waals surface area (Å²) in [5, 5.41) is 8.59. The smallest absolute Gasteiger partial charge is 0.140 e. The third-order valence-corrected chi connectivity index (χ3v) is 1.89. The highest BCUT2D eigenvalue weighted by Crippen LogP contribution is 2.15. The predicted octanol–water partition coefficient (Wildman–Crippen LogP) is 1.34. The van der Waals surface area contributed by atoms with E-state index in [1.54, 1.807) is 12.1 Å². The lowest BCUT2D eigenvalue weighted by atomic mass is 10.1. The molecule has 0 saturated carbocycles. The van der Waals surface area contributed by atoms with E-state index in [-0.39, 0.29) is 11.6 Å². The fourth-order valence-corrected chi connectivity index (χ4v) is 1.13. The van der Waals surface area contributed by atoms with Crippen LogP contribution in [0.4, 0.5) is 4.39 Å². The van der Waals surface area contributed by atoms with E-state index < -0.39 is 5.82 Å². The summed E-state index contributed by atoms with van der Waals surface area (Å²) in [6.07, 6.45) is 0. The Bertz CT molecular complexity index is 360. The van der Waals surface area contributed by atoms with Gasteiger partial charge in [-0.3, -0.25) is 0 Å². The van der Waals surface area contributed by atoms with E-state index in [1.807, 2.05) is 0 Å². The summed E-state index contributed by atoms with van der Waals surface area (Å²) in [5.74, 6) is -0.527. The normalized spacial score (nSPS) is 12.1. The minimum Gasteiger partial charge on any atom is -0.383 e. The van der Waals surface area contributed by atoms with Crippen LogP contribution in [0.3, 0.4) is 0 Å². The number of nitrogens with zero attached hydrogens (tertiary/aromatic N) is 1. The summed E-state index contributed by atoms with van der Waals surface area (Å²) < 4.78 is 17.8. The van der Waals surface area contributed by atoms with E-state index in [1.165, 1.54) is 19.2 Å². The summed E-state index contributed by atoms with van der Waals surface area (Å²) >= 11 is 0. The minimum atomic E-state index is -0.527. The van der Waals surface area contributed by atoms with Gasteiger partial charge in [0.2, 0.25) is 0 Å². The number of methoxy groups -OCH3 is 1. The lowest BCUT2D eigenvalue weighted by Gasteiger charge is -2.10. The number of halogens is 1. The molecule has 4 heteroatoms. The highest BCUT2D eigenvalue weighted by Gasteiger charge is 2.08. The fourth-order valence-electron chi connectivity index (χ4n) is 1.13. The Morgan fingerprint density at radius 1 is 1.64 bits per heavy atom. The molecule has 0 saturated heterocycles. The summed E-state index contributed by atoms with van der Waals surface area (Å²) in [4.78, 5) is 0. The molecule has 1 aromatic carbocycles. The van der Waals surface area contributed by atoms with Gasteiger partial charge in [0.05, 0.1) is 18.2 Å². The number of nitriles is 1. The molecule has 14 heavy (non-hydrogen) atoms. The molecule has 0 aliphatic carbocycles. The van der Waals surface area contributed by atoms with Gasteiger partial charge in [0, 0.05) is 7.11 Å². The zero-order chi connectivity index (χ0) is 10.6. The monoisotopic (exact) mass is 194 g/mol. The quantitative estimate of drug-likeness (QED) is 0.789. The molecule has 74 valence electrons. The Labute approximate surface area is 81.9 Å². The van der Waals surface area contributed by atoms with E-state index in [2.05, 4.69) is 0 Å². The summed E-state index contributed by atoms with van der Waals surface area (Å²) in [6.45, 7) is 0.344. The van der Waals surface area contributed by atoms with Crippen LogP contribution >= 0.6 is 0 Å². The van der Waals surface area contributed by atoms with Crippen molar-refractivity contribution in [3.8, 4) is 6.07 Å². The number of hydrogen-bond donors (Lipinski definition) is 1. The fraction of sp³-hybridized carbons (Fsp3) is 0.300. The molecule has 1 rings (SSSR count). The van der Waals surface area contributed by atoms with Crippen molar-refractivity contribution in [3.63, 3.8) is 0 Å². The van der Waals surface area contributed by atoms with Crippen molar-refractivity contribution >= 4 is 0 Å². The first-order valence-electron chi connectivity index (χ1n) is 4.13. The van der Waals surface area contributed by atoms with Crippen molar-refractivity contribution in [2.24, 2.45) is 5.73 Å². The van der Waals surface area contributed by atoms with Crippen LogP contribution in [0, 0.1) is 17.1 Å². The van der Waals surface area contributed by atoms with Crippen LogP contribution in [0.5, 0.6) is 0 Å². The van der Waals surface area contributed by atoms with Gasteiger partial charge in [-0.1, -0.05) is 6.07 Å². The second-order valence-corrected chi connectivity index (χ2v) is 2.91. The van der Waals surface area contributed by atoms with Gasteiger partial charge in [0.25, 0.3) is 0 Å². The standard InChI is InChI=1S/C10H11FN2O/c1-14-6-10(13)7-2-3-9(11)8(4-7)5-12/h2-4,10H,6,13H2,1H3. The molecular formula is C10H11FN2O. The van der Waals surface area contributed by atoms with Crippen molar-refractivity contribution in [1.82, 2.24) is 0 Å². The SMILES string of the molecule is COCC(N)c1ccc(F)c(C#N)c1. The first-order valence-corrected chi connectivity index (χ1v) is 4.13. The van der Waals surface area contributed by atoms with E-state index >= 15 is 0 Å². The maximum Gasteiger partial charge on any atom is 0.140 e. The molecule has 1 atom stereocenters. The molecule has 2 N–H and O–H groups in total. The molecule has 0 heterocycles. The highest BCUT2D eigenvalue weighted by molar-refractivity contribution is 5.35. The number of benzene rings is 1. The van der Waals surface area contributed by atoms with Gasteiger partial charge in [-0.2, -0.15) is 5.26 Å². The number of hydrogen-bond acceptors (Lipinski definition) is 3. The molecule has 3 nitrogen and oxygen atoms in total. The topological polar surface area (TPSA) is 59.0 Å². The Morgan fingerprint density at radius 2 is 2.36 bits per heavy atom. The van der Waals surface area contributed by atoms with E-state index in [0.717, 1.165) is 0 Å². The van der Waals surface area contributed by atoms with Gasteiger partial charge in [0.1, 0.15) is 11.9 Å². The van der Waals surface area contributed by atoms with Crippen LogP contribution in [0.1, 0.15) is 17.2 Å². The summed E-state index contributed by atoms with van der Waals surface area (Å²) in [7, 11) is 1.54. The minimum absolute atomic E-state index is 0.00838. The maximum atomic E-state index is 12.9. The van der Waals surface area contributed by atoms with Crippen LogP contribution in [-0.4, -0.2) is 13.7 Å². The zero-order valence-electron chi connectivity index (χ0n) is 7.83. The molecule has 0 bridgehead atoms. The average molecular weight is 194 g/mol. The van der Waals surface area contributed by atoms with Crippen LogP contribution in [0.25, 0.3) is 0 Å². The second kappa shape index (κ2) is 4.70. The first-order chi connectivity index (χ1) is 6.69. The van der Waals surface area contributed by atoms with Gasteiger partial charge in [0.15, 0.2) is 0 Å². The number of ether oxygens (including phenoxy) is 1. The summed E-state index contributed by atoms with van der Waals surface area (Å²) in [6, 6.07) is 5.67. The van der Waals surface area contributed by atoms with E-state index in [0.29, 0.717) is 12.2 Å². The molecular weight excluding hydrogens is 183 g/mol. The number of nitrogens with two attached hydrogens (primary N) is 1. The van der Waals surface area contributed by atoms with E-state index in [4.69, 9.17) is 15.7 Å². The zero-order valence-corrected chi connectivity index (χ0v) is 7.83. The Balaban J connectivity index is 2.95.